The number of alkyl halides is 4. The van der Waals surface area contributed by atoms with Crippen LogP contribution in [0.4, 0.5) is 0 Å². The van der Waals surface area contributed by atoms with Gasteiger partial charge in [0.1, 0.15) is 5.88 Å². The summed E-state index contributed by atoms with van der Waals surface area (Å²) in [6.45, 7) is 0. The van der Waals surface area contributed by atoms with Crippen molar-refractivity contribution in [3.63, 3.8) is 0 Å². The summed E-state index contributed by atoms with van der Waals surface area (Å²) in [4.78, 5) is 18.9. The van der Waals surface area contributed by atoms with Crippen LogP contribution in [0.15, 0.2) is 0 Å². The van der Waals surface area contributed by atoms with Crippen molar-refractivity contribution < 1.29 is 9.59 Å². The van der Waals surface area contributed by atoms with Gasteiger partial charge in [-0.25, -0.2) is 0 Å². The lowest BCUT2D eigenvalue weighted by atomic mass is 10.8. The van der Waals surface area contributed by atoms with Crippen molar-refractivity contribution in [1.82, 2.24) is 0 Å². The zero-order valence-corrected chi connectivity index (χ0v) is 8.21. The number of carbonyl (C=O) groups excluding carboxylic acids is 2. The molecule has 0 aromatic heterocycles. The fourth-order valence-corrected chi connectivity index (χ4v) is 0. The number of nitrogens with two attached hydrogens (primary N) is 1. The van der Waals surface area contributed by atoms with E-state index in [0.717, 1.165) is 0 Å². The summed E-state index contributed by atoms with van der Waals surface area (Å²) in [5, 5.41) is 0. The summed E-state index contributed by atoms with van der Waals surface area (Å²) in [6.07, 6.45) is 0.234. The first-order valence-electron chi connectivity index (χ1n) is 2.20. The molecule has 0 rings (SSSR count). The molecular formula is C4H5Cl4NO2. The van der Waals surface area contributed by atoms with Gasteiger partial charge in [-0.15, -0.1) is 11.6 Å². The van der Waals surface area contributed by atoms with E-state index in [2.05, 4.69) is 5.73 Å². The monoisotopic (exact) mass is 239 g/mol. The van der Waals surface area contributed by atoms with Crippen molar-refractivity contribution in [3.8, 4) is 0 Å². The van der Waals surface area contributed by atoms with E-state index in [1.54, 1.807) is 0 Å². The van der Waals surface area contributed by atoms with Crippen molar-refractivity contribution in [2.45, 2.75) is 3.79 Å². The number of amides is 1. The molecule has 0 unspecified atom stereocenters. The van der Waals surface area contributed by atoms with Gasteiger partial charge in [-0.05, 0) is 0 Å². The maximum Gasteiger partial charge on any atom is 0.245 e. The Morgan fingerprint density at radius 2 is 1.64 bits per heavy atom. The molecule has 0 atom stereocenters. The van der Waals surface area contributed by atoms with Crippen molar-refractivity contribution in [2.75, 3.05) is 5.88 Å². The first-order chi connectivity index (χ1) is 4.83. The van der Waals surface area contributed by atoms with Gasteiger partial charge < -0.3 is 5.73 Å². The maximum absolute atomic E-state index is 9.46. The number of hydrogen-bond donors (Lipinski definition) is 1. The highest BCUT2D eigenvalue weighted by molar-refractivity contribution is 6.74. The standard InChI is InChI=1S/C2HCl3O.C2H4ClNO/c3-2(4,5)1-6;3-1-2(4)5/h1H;1H2,(H2,4,5). The second kappa shape index (κ2) is 6.98. The predicted octanol–water partition coefficient (Wildman–Crippen LogP) is 1.27. The van der Waals surface area contributed by atoms with E-state index in [9.17, 15) is 9.59 Å². The highest BCUT2D eigenvalue weighted by atomic mass is 35.6. The lowest BCUT2D eigenvalue weighted by Gasteiger charge is -1.93. The van der Waals surface area contributed by atoms with Gasteiger partial charge in [-0.2, -0.15) is 0 Å². The Kier molecular flexibility index (Phi) is 8.79. The molecule has 0 aromatic carbocycles. The van der Waals surface area contributed by atoms with Crippen molar-refractivity contribution >= 4 is 58.6 Å². The fourth-order valence-electron chi connectivity index (χ4n) is 0. The number of rotatable bonds is 1. The molecule has 0 saturated carbocycles. The van der Waals surface area contributed by atoms with Crippen LogP contribution in [0.3, 0.4) is 0 Å². The van der Waals surface area contributed by atoms with Crippen LogP contribution in [0.5, 0.6) is 0 Å². The Labute approximate surface area is 83.7 Å². The second-order valence-electron chi connectivity index (χ2n) is 1.26. The summed E-state index contributed by atoms with van der Waals surface area (Å²) in [5.41, 5.74) is 4.52. The smallest absolute Gasteiger partial charge is 0.245 e. The van der Waals surface area contributed by atoms with E-state index in [1.807, 2.05) is 0 Å². The topological polar surface area (TPSA) is 60.2 Å². The van der Waals surface area contributed by atoms with Crippen LogP contribution in [0.2, 0.25) is 0 Å². The number of hydrogen-bond acceptors (Lipinski definition) is 2. The van der Waals surface area contributed by atoms with Crippen LogP contribution in [0.1, 0.15) is 0 Å². The summed E-state index contributed by atoms with van der Waals surface area (Å²) < 4.78 is -1.72. The predicted molar refractivity (Wildman–Crippen MR) is 46.3 cm³/mol. The number of aldehydes is 1. The van der Waals surface area contributed by atoms with Crippen molar-refractivity contribution in [3.05, 3.63) is 0 Å². The molecule has 0 aliphatic rings. The molecule has 2 N–H and O–H groups in total. The molecule has 3 nitrogen and oxygen atoms in total. The van der Waals surface area contributed by atoms with Gasteiger partial charge in [0.15, 0.2) is 6.29 Å². The van der Waals surface area contributed by atoms with Crippen LogP contribution in [-0.4, -0.2) is 21.9 Å². The second-order valence-corrected chi connectivity index (χ2v) is 3.90. The van der Waals surface area contributed by atoms with Gasteiger partial charge in [0, 0.05) is 0 Å². The number of primary amides is 1. The van der Waals surface area contributed by atoms with Crippen LogP contribution < -0.4 is 5.73 Å². The number of carbonyl (C=O) groups is 2. The first-order valence-corrected chi connectivity index (χ1v) is 3.87. The van der Waals surface area contributed by atoms with Crippen LogP contribution in [-0.2, 0) is 9.59 Å². The SMILES string of the molecule is NC(=O)CCl.O=CC(Cl)(Cl)Cl. The van der Waals surface area contributed by atoms with E-state index < -0.39 is 9.70 Å². The van der Waals surface area contributed by atoms with E-state index >= 15 is 0 Å². The van der Waals surface area contributed by atoms with Gasteiger partial charge in [0.2, 0.25) is 9.70 Å². The van der Waals surface area contributed by atoms with Crippen molar-refractivity contribution in [1.29, 1.82) is 0 Å². The van der Waals surface area contributed by atoms with E-state index in [1.165, 1.54) is 0 Å². The molecule has 0 heterocycles. The summed E-state index contributed by atoms with van der Waals surface area (Å²) in [5.74, 6) is -0.563. The van der Waals surface area contributed by atoms with E-state index in [4.69, 9.17) is 46.4 Å². The molecule has 1 amide bonds. The Bertz CT molecular complexity index is 133. The molecule has 11 heavy (non-hydrogen) atoms. The minimum atomic E-state index is -1.72. The zero-order valence-electron chi connectivity index (χ0n) is 5.19. The van der Waals surface area contributed by atoms with Crippen molar-refractivity contribution in [2.24, 2.45) is 5.73 Å². The normalized spacial score (nSPS) is 9.45. The summed E-state index contributed by atoms with van der Waals surface area (Å²) >= 11 is 19.5. The lowest BCUT2D eigenvalue weighted by molar-refractivity contribution is -0.115. The quantitative estimate of drug-likeness (QED) is 0.554. The van der Waals surface area contributed by atoms with Gasteiger partial charge >= 0.3 is 0 Å². The molecule has 0 radical (unpaired) electrons. The highest BCUT2D eigenvalue weighted by Gasteiger charge is 2.16. The molecule has 0 aromatic rings. The first kappa shape index (κ1) is 13.9. The summed E-state index contributed by atoms with van der Waals surface area (Å²) in [6, 6.07) is 0. The molecule has 0 fully saturated rings. The van der Waals surface area contributed by atoms with E-state index in [0.29, 0.717) is 0 Å². The molecule has 0 aliphatic carbocycles. The van der Waals surface area contributed by atoms with Gasteiger partial charge in [-0.3, -0.25) is 9.59 Å². The average molecular weight is 241 g/mol. The fraction of sp³-hybridized carbons (Fsp3) is 0.500. The lowest BCUT2D eigenvalue weighted by Crippen LogP contribution is -2.10. The maximum atomic E-state index is 9.46. The molecule has 0 bridgehead atoms. The van der Waals surface area contributed by atoms with Crippen LogP contribution in [0, 0.1) is 0 Å². The van der Waals surface area contributed by atoms with Gasteiger partial charge in [-0.1, -0.05) is 34.8 Å². The van der Waals surface area contributed by atoms with E-state index in [-0.39, 0.29) is 12.2 Å². The molecule has 0 spiro atoms. The zero-order chi connectivity index (χ0) is 9.49. The minimum Gasteiger partial charge on any atom is -0.369 e. The molecule has 7 heteroatoms. The van der Waals surface area contributed by atoms with Gasteiger partial charge in [0.05, 0.1) is 0 Å². The third-order valence-electron chi connectivity index (χ3n) is 0.265. The molecule has 66 valence electrons. The molecule has 0 aliphatic heterocycles. The number of halogens is 4. The molecular weight excluding hydrogens is 236 g/mol. The molecule has 0 saturated heterocycles. The van der Waals surface area contributed by atoms with Crippen LogP contribution in [0.25, 0.3) is 0 Å². The third kappa shape index (κ3) is 25.3. The highest BCUT2D eigenvalue weighted by Crippen LogP contribution is 2.21. The minimum absolute atomic E-state index is 0.0833. The Morgan fingerprint density at radius 3 is 1.64 bits per heavy atom. The van der Waals surface area contributed by atoms with Crippen LogP contribution >= 0.6 is 46.4 Å². The van der Waals surface area contributed by atoms with Gasteiger partial charge in [0.25, 0.3) is 0 Å². The summed E-state index contributed by atoms with van der Waals surface area (Å²) in [7, 11) is 0. The Morgan fingerprint density at radius 1 is 1.45 bits per heavy atom. The largest absolute Gasteiger partial charge is 0.369 e. The Balaban J connectivity index is 0. The third-order valence-corrected chi connectivity index (χ3v) is 0.796. The average Bonchev–Trinajstić information content (AvgIpc) is 1.88. The Hall–Kier alpha value is 0.300.